The summed E-state index contributed by atoms with van der Waals surface area (Å²) < 4.78 is 0. The number of carbonyl (C=O) groups excluding carboxylic acids is 1. The maximum atomic E-state index is 12.2. The first kappa shape index (κ1) is 12.7. The van der Waals surface area contributed by atoms with Crippen LogP contribution in [0.15, 0.2) is 53.4 Å². The molecule has 1 aliphatic heterocycles. The molecule has 2 N–H and O–H groups in total. The van der Waals surface area contributed by atoms with Crippen molar-refractivity contribution < 1.29 is 14.7 Å². The largest absolute Gasteiger partial charge is 0.477 e. The van der Waals surface area contributed by atoms with Gasteiger partial charge in [-0.3, -0.25) is 4.79 Å². The topological polar surface area (TPSA) is 66.4 Å². The molecule has 3 rings (SSSR count). The number of carboxylic acid groups (broad SMARTS) is 1. The van der Waals surface area contributed by atoms with Crippen molar-refractivity contribution in [2.24, 2.45) is 0 Å². The summed E-state index contributed by atoms with van der Waals surface area (Å²) in [6, 6.07) is 9.57. The van der Waals surface area contributed by atoms with Crippen molar-refractivity contribution in [3.05, 3.63) is 58.9 Å². The van der Waals surface area contributed by atoms with E-state index in [1.807, 2.05) is 30.3 Å². The predicted molar refractivity (Wildman–Crippen MR) is 73.9 cm³/mol. The lowest BCUT2D eigenvalue weighted by molar-refractivity contribution is -0.133. The number of allylic oxidation sites excluding steroid dienone is 3. The van der Waals surface area contributed by atoms with Gasteiger partial charge in [-0.05, 0) is 24.5 Å². The number of aliphatic carboxylic acids is 1. The normalized spacial score (nSPS) is 21.9. The highest BCUT2D eigenvalue weighted by Gasteiger charge is 2.32. The average molecular weight is 269 g/mol. The first-order valence-electron chi connectivity index (χ1n) is 6.70. The molecule has 2 aliphatic rings. The Morgan fingerprint density at radius 2 is 1.95 bits per heavy atom. The van der Waals surface area contributed by atoms with Gasteiger partial charge in [0.05, 0.1) is 0 Å². The zero-order valence-corrected chi connectivity index (χ0v) is 10.9. The van der Waals surface area contributed by atoms with Gasteiger partial charge in [-0.15, -0.1) is 0 Å². The molecule has 0 unspecified atom stereocenters. The van der Waals surface area contributed by atoms with Crippen molar-refractivity contribution in [2.45, 2.75) is 25.2 Å². The molecule has 102 valence electrons. The standard InChI is InChI=1S/C16H15NO3/c18-14-8-4-7-12-15(14)11(9-13(17-12)16(19)20)10-5-2-1-3-6-10/h1-3,5-6,9,11,17H,4,7-8H2,(H,19,20)/t11-/m1/s1. The molecule has 1 aromatic carbocycles. The Bertz CT molecular complexity index is 628. The van der Waals surface area contributed by atoms with E-state index in [4.69, 9.17) is 0 Å². The van der Waals surface area contributed by atoms with Crippen LogP contribution in [0, 0.1) is 0 Å². The first-order chi connectivity index (χ1) is 9.66. The van der Waals surface area contributed by atoms with Crippen LogP contribution in [-0.4, -0.2) is 16.9 Å². The second-order valence-corrected chi connectivity index (χ2v) is 5.07. The third kappa shape index (κ3) is 2.13. The van der Waals surface area contributed by atoms with Crippen molar-refractivity contribution in [3.8, 4) is 0 Å². The van der Waals surface area contributed by atoms with Crippen molar-refractivity contribution >= 4 is 11.8 Å². The summed E-state index contributed by atoms with van der Waals surface area (Å²) in [5.41, 5.74) is 2.62. The van der Waals surface area contributed by atoms with Crippen LogP contribution >= 0.6 is 0 Å². The van der Waals surface area contributed by atoms with Crippen LogP contribution in [0.3, 0.4) is 0 Å². The zero-order valence-electron chi connectivity index (χ0n) is 10.9. The molecule has 1 aliphatic carbocycles. The van der Waals surface area contributed by atoms with Gasteiger partial charge in [0.25, 0.3) is 0 Å². The molecule has 0 saturated carbocycles. The molecule has 0 aromatic heterocycles. The van der Waals surface area contributed by atoms with Gasteiger partial charge in [0.1, 0.15) is 5.70 Å². The summed E-state index contributed by atoms with van der Waals surface area (Å²) >= 11 is 0. The first-order valence-corrected chi connectivity index (χ1v) is 6.70. The van der Waals surface area contributed by atoms with Crippen molar-refractivity contribution in [1.82, 2.24) is 5.32 Å². The molecule has 0 bridgehead atoms. The molecule has 0 fully saturated rings. The molecule has 0 saturated heterocycles. The monoisotopic (exact) mass is 269 g/mol. The van der Waals surface area contributed by atoms with E-state index in [0.717, 1.165) is 29.7 Å². The minimum absolute atomic E-state index is 0.119. The van der Waals surface area contributed by atoms with E-state index in [1.54, 1.807) is 6.08 Å². The number of ketones is 1. The lowest BCUT2D eigenvalue weighted by Crippen LogP contribution is -2.32. The molecule has 1 heterocycles. The SMILES string of the molecule is O=C(O)C1=C[C@H](c2ccccc2)C2=C(CCCC2=O)N1. The van der Waals surface area contributed by atoms with E-state index in [1.165, 1.54) is 0 Å². The predicted octanol–water partition coefficient (Wildman–Crippen LogP) is 2.35. The fraction of sp³-hybridized carbons (Fsp3) is 0.250. The molecule has 0 amide bonds. The minimum Gasteiger partial charge on any atom is -0.477 e. The van der Waals surface area contributed by atoms with Gasteiger partial charge in [0, 0.05) is 23.6 Å². The highest BCUT2D eigenvalue weighted by Crippen LogP contribution is 2.37. The number of benzene rings is 1. The second kappa shape index (κ2) is 4.96. The number of carboxylic acids is 1. The summed E-state index contributed by atoms with van der Waals surface area (Å²) in [5.74, 6) is -1.13. The summed E-state index contributed by atoms with van der Waals surface area (Å²) in [6.07, 6.45) is 3.69. The maximum Gasteiger partial charge on any atom is 0.351 e. The Morgan fingerprint density at radius 1 is 1.20 bits per heavy atom. The van der Waals surface area contributed by atoms with Crippen molar-refractivity contribution in [3.63, 3.8) is 0 Å². The molecule has 20 heavy (non-hydrogen) atoms. The molecule has 4 heteroatoms. The lowest BCUT2D eigenvalue weighted by atomic mass is 9.79. The van der Waals surface area contributed by atoms with E-state index < -0.39 is 5.97 Å². The van der Waals surface area contributed by atoms with Crippen LogP contribution in [0.2, 0.25) is 0 Å². The highest BCUT2D eigenvalue weighted by atomic mass is 16.4. The second-order valence-electron chi connectivity index (χ2n) is 5.07. The molecule has 1 atom stereocenters. The lowest BCUT2D eigenvalue weighted by Gasteiger charge is -2.30. The maximum absolute atomic E-state index is 12.2. The summed E-state index contributed by atoms with van der Waals surface area (Å²) in [7, 11) is 0. The van der Waals surface area contributed by atoms with E-state index in [9.17, 15) is 14.7 Å². The van der Waals surface area contributed by atoms with E-state index in [-0.39, 0.29) is 17.4 Å². The Labute approximate surface area is 116 Å². The van der Waals surface area contributed by atoms with Gasteiger partial charge < -0.3 is 10.4 Å². The van der Waals surface area contributed by atoms with Crippen LogP contribution in [0.1, 0.15) is 30.7 Å². The average Bonchev–Trinajstić information content (AvgIpc) is 2.47. The fourth-order valence-corrected chi connectivity index (χ4v) is 2.86. The van der Waals surface area contributed by atoms with Gasteiger partial charge >= 0.3 is 5.97 Å². The minimum atomic E-state index is -0.990. The van der Waals surface area contributed by atoms with Crippen LogP contribution in [-0.2, 0) is 9.59 Å². The summed E-state index contributed by atoms with van der Waals surface area (Å²) in [4.78, 5) is 23.5. The van der Waals surface area contributed by atoms with Gasteiger partial charge in [-0.25, -0.2) is 4.79 Å². The van der Waals surface area contributed by atoms with Crippen LogP contribution in [0.25, 0.3) is 0 Å². The van der Waals surface area contributed by atoms with Crippen LogP contribution in [0.5, 0.6) is 0 Å². The van der Waals surface area contributed by atoms with Gasteiger partial charge in [0.15, 0.2) is 5.78 Å². The third-order valence-corrected chi connectivity index (χ3v) is 3.78. The Kier molecular flexibility index (Phi) is 3.14. The molecule has 4 nitrogen and oxygen atoms in total. The Morgan fingerprint density at radius 3 is 2.65 bits per heavy atom. The number of Topliss-reactive ketones (excluding diaryl/α,β-unsaturated/α-hetero) is 1. The number of rotatable bonds is 2. The smallest absolute Gasteiger partial charge is 0.351 e. The zero-order chi connectivity index (χ0) is 14.1. The summed E-state index contributed by atoms with van der Waals surface area (Å²) in [6.45, 7) is 0. The molecule has 0 spiro atoms. The van der Waals surface area contributed by atoms with Crippen LogP contribution < -0.4 is 5.32 Å². The highest BCUT2D eigenvalue weighted by molar-refractivity contribution is 6.00. The van der Waals surface area contributed by atoms with Gasteiger partial charge in [-0.1, -0.05) is 30.3 Å². The Hall–Kier alpha value is -2.36. The molecular weight excluding hydrogens is 254 g/mol. The quantitative estimate of drug-likeness (QED) is 0.865. The van der Waals surface area contributed by atoms with Crippen LogP contribution in [0.4, 0.5) is 0 Å². The number of carbonyl (C=O) groups is 2. The van der Waals surface area contributed by atoms with E-state index in [2.05, 4.69) is 5.32 Å². The number of dihydropyridines is 1. The number of hydrogen-bond donors (Lipinski definition) is 2. The molecule has 1 aromatic rings. The number of nitrogens with one attached hydrogen (secondary N) is 1. The van der Waals surface area contributed by atoms with Crippen molar-refractivity contribution in [2.75, 3.05) is 0 Å². The van der Waals surface area contributed by atoms with Crippen molar-refractivity contribution in [1.29, 1.82) is 0 Å². The Balaban J connectivity index is 2.10. The number of hydrogen-bond acceptors (Lipinski definition) is 3. The van der Waals surface area contributed by atoms with E-state index >= 15 is 0 Å². The molecule has 0 radical (unpaired) electrons. The fourth-order valence-electron chi connectivity index (χ4n) is 2.86. The molecular formula is C16H15NO3. The van der Waals surface area contributed by atoms with E-state index in [0.29, 0.717) is 6.42 Å². The van der Waals surface area contributed by atoms with Gasteiger partial charge in [0.2, 0.25) is 0 Å². The third-order valence-electron chi connectivity index (χ3n) is 3.78. The summed E-state index contributed by atoms with van der Waals surface area (Å²) in [5, 5.41) is 12.1. The van der Waals surface area contributed by atoms with Gasteiger partial charge in [-0.2, -0.15) is 0 Å².